The van der Waals surface area contributed by atoms with Gasteiger partial charge in [-0.15, -0.1) is 0 Å². The number of carbonyl (C=O) groups excluding carboxylic acids is 1. The van der Waals surface area contributed by atoms with Crippen molar-refractivity contribution in [2.45, 2.75) is 19.1 Å². The van der Waals surface area contributed by atoms with E-state index in [-0.39, 0.29) is 0 Å². The molecule has 60 valence electrons. The van der Waals surface area contributed by atoms with Crippen molar-refractivity contribution in [2.24, 2.45) is 0 Å². The number of nitrogens with one attached hydrogen (secondary N) is 2. The van der Waals surface area contributed by atoms with Crippen LogP contribution in [0.3, 0.4) is 0 Å². The predicted molar refractivity (Wildman–Crippen MR) is 34.5 cm³/mol. The second-order valence-electron chi connectivity index (χ2n) is 1.98. The number of aliphatic hydroxyl groups is 1. The van der Waals surface area contributed by atoms with Crippen LogP contribution in [0, 0.1) is 0 Å². The largest absolute Gasteiger partial charge is 0.391 e. The van der Waals surface area contributed by atoms with Crippen molar-refractivity contribution in [3.05, 3.63) is 0 Å². The molecular weight excluding hydrogens is 136 g/mol. The molecule has 0 aliphatic rings. The molecule has 2 unspecified atom stereocenters. The monoisotopic (exact) mass is 148 g/mol. The highest BCUT2D eigenvalue weighted by molar-refractivity contribution is 5.81. The maximum Gasteiger partial charge on any atom is 0.263 e. The van der Waals surface area contributed by atoms with Gasteiger partial charge in [0.2, 0.25) is 0 Å². The molecule has 0 rings (SSSR count). The van der Waals surface area contributed by atoms with Crippen molar-refractivity contribution in [3.8, 4) is 0 Å². The zero-order chi connectivity index (χ0) is 8.15. The maximum atomic E-state index is 10.6. The van der Waals surface area contributed by atoms with Gasteiger partial charge in [0.05, 0.1) is 6.10 Å². The van der Waals surface area contributed by atoms with Crippen molar-refractivity contribution in [2.75, 3.05) is 7.05 Å². The van der Waals surface area contributed by atoms with E-state index in [9.17, 15) is 4.79 Å². The van der Waals surface area contributed by atoms with Crippen molar-refractivity contribution in [1.82, 2.24) is 10.8 Å². The Morgan fingerprint density at radius 2 is 2.10 bits per heavy atom. The number of amides is 1. The van der Waals surface area contributed by atoms with Crippen LogP contribution in [0.2, 0.25) is 0 Å². The van der Waals surface area contributed by atoms with E-state index in [4.69, 9.17) is 10.3 Å². The quantitative estimate of drug-likeness (QED) is 0.289. The van der Waals surface area contributed by atoms with E-state index >= 15 is 0 Å². The van der Waals surface area contributed by atoms with Gasteiger partial charge in [-0.05, 0) is 14.0 Å². The molecule has 5 heteroatoms. The lowest BCUT2D eigenvalue weighted by atomic mass is 10.2. The first-order valence-corrected chi connectivity index (χ1v) is 2.92. The molecule has 0 saturated carbocycles. The average molecular weight is 148 g/mol. The Morgan fingerprint density at radius 3 is 2.20 bits per heavy atom. The second-order valence-corrected chi connectivity index (χ2v) is 1.98. The third kappa shape index (κ3) is 2.30. The summed E-state index contributed by atoms with van der Waals surface area (Å²) in [7, 11) is 1.52. The van der Waals surface area contributed by atoms with Gasteiger partial charge < -0.3 is 10.4 Å². The van der Waals surface area contributed by atoms with Gasteiger partial charge >= 0.3 is 0 Å². The number of aliphatic hydroxyl groups excluding tert-OH is 1. The topological polar surface area (TPSA) is 81.6 Å². The summed E-state index contributed by atoms with van der Waals surface area (Å²) in [6.45, 7) is 1.45. The third-order valence-electron chi connectivity index (χ3n) is 1.19. The lowest BCUT2D eigenvalue weighted by molar-refractivity contribution is -0.133. The smallest absolute Gasteiger partial charge is 0.263 e. The second kappa shape index (κ2) is 4.21. The highest BCUT2D eigenvalue weighted by Gasteiger charge is 2.20. The minimum atomic E-state index is -0.822. The van der Waals surface area contributed by atoms with Crippen molar-refractivity contribution >= 4 is 5.91 Å². The lowest BCUT2D eigenvalue weighted by Gasteiger charge is -2.15. The molecule has 0 radical (unpaired) electrons. The SMILES string of the molecule is CNC(C(=O)NO)C(C)O. The first-order valence-electron chi connectivity index (χ1n) is 2.92. The highest BCUT2D eigenvalue weighted by atomic mass is 16.5. The molecule has 0 aromatic carbocycles. The molecule has 0 fully saturated rings. The van der Waals surface area contributed by atoms with Gasteiger partial charge in [0, 0.05) is 0 Å². The predicted octanol–water partition coefficient (Wildman–Crippen LogP) is -1.54. The van der Waals surface area contributed by atoms with Crippen LogP contribution in [0.1, 0.15) is 6.92 Å². The van der Waals surface area contributed by atoms with Gasteiger partial charge in [-0.2, -0.15) is 0 Å². The minimum absolute atomic E-state index is 0.641. The van der Waals surface area contributed by atoms with Gasteiger partial charge in [-0.1, -0.05) is 0 Å². The maximum absolute atomic E-state index is 10.6. The van der Waals surface area contributed by atoms with Crippen LogP contribution in [0.4, 0.5) is 0 Å². The summed E-state index contributed by atoms with van der Waals surface area (Å²) in [4.78, 5) is 10.6. The van der Waals surface area contributed by atoms with E-state index in [1.165, 1.54) is 19.5 Å². The molecule has 1 amide bonds. The number of carbonyl (C=O) groups is 1. The van der Waals surface area contributed by atoms with Crippen LogP contribution in [-0.2, 0) is 4.79 Å². The Morgan fingerprint density at radius 1 is 1.60 bits per heavy atom. The number of rotatable bonds is 3. The Balaban J connectivity index is 3.93. The van der Waals surface area contributed by atoms with Crippen molar-refractivity contribution in [3.63, 3.8) is 0 Å². The zero-order valence-corrected chi connectivity index (χ0v) is 5.96. The molecule has 10 heavy (non-hydrogen) atoms. The van der Waals surface area contributed by atoms with E-state index < -0.39 is 18.1 Å². The third-order valence-corrected chi connectivity index (χ3v) is 1.19. The van der Waals surface area contributed by atoms with Gasteiger partial charge in [-0.25, -0.2) is 5.48 Å². The molecule has 0 aliphatic carbocycles. The highest BCUT2D eigenvalue weighted by Crippen LogP contribution is 1.90. The summed E-state index contributed by atoms with van der Waals surface area (Å²) in [5.74, 6) is -0.641. The molecule has 4 N–H and O–H groups in total. The summed E-state index contributed by atoms with van der Waals surface area (Å²) in [6.07, 6.45) is -0.822. The van der Waals surface area contributed by atoms with E-state index in [1.807, 2.05) is 0 Å². The lowest BCUT2D eigenvalue weighted by Crippen LogP contribution is -2.48. The molecule has 0 spiro atoms. The molecule has 5 nitrogen and oxygen atoms in total. The van der Waals surface area contributed by atoms with Gasteiger partial charge in [0.25, 0.3) is 5.91 Å². The standard InChI is InChI=1S/C5H12N2O3/c1-3(8)4(6-2)5(9)7-10/h3-4,6,8,10H,1-2H3,(H,7,9). The summed E-state index contributed by atoms with van der Waals surface area (Å²) in [6, 6.07) is -0.759. The summed E-state index contributed by atoms with van der Waals surface area (Å²) in [5, 5.41) is 19.5. The fourth-order valence-electron chi connectivity index (χ4n) is 0.661. The molecule has 0 bridgehead atoms. The fourth-order valence-corrected chi connectivity index (χ4v) is 0.661. The molecule has 0 aromatic heterocycles. The molecule has 0 heterocycles. The van der Waals surface area contributed by atoms with Gasteiger partial charge in [-0.3, -0.25) is 10.0 Å². The first kappa shape index (κ1) is 9.35. The zero-order valence-electron chi connectivity index (χ0n) is 5.96. The number of hydrogen-bond acceptors (Lipinski definition) is 4. The first-order chi connectivity index (χ1) is 4.63. The number of hydroxylamine groups is 1. The van der Waals surface area contributed by atoms with E-state index in [0.29, 0.717) is 0 Å². The van der Waals surface area contributed by atoms with Crippen molar-refractivity contribution < 1.29 is 15.1 Å². The fraction of sp³-hybridized carbons (Fsp3) is 0.800. The molecule has 2 atom stereocenters. The minimum Gasteiger partial charge on any atom is -0.391 e. The number of hydrogen-bond donors (Lipinski definition) is 4. The number of likely N-dealkylation sites (N-methyl/N-ethyl adjacent to an activating group) is 1. The summed E-state index contributed by atoms with van der Waals surface area (Å²) < 4.78 is 0. The summed E-state index contributed by atoms with van der Waals surface area (Å²) >= 11 is 0. The molecular formula is C5H12N2O3. The van der Waals surface area contributed by atoms with Crippen LogP contribution >= 0.6 is 0 Å². The Bertz CT molecular complexity index is 115. The van der Waals surface area contributed by atoms with E-state index in [1.54, 1.807) is 0 Å². The molecule has 0 aromatic rings. The van der Waals surface area contributed by atoms with E-state index in [2.05, 4.69) is 5.32 Å². The molecule has 0 aliphatic heterocycles. The Labute approximate surface area is 59.0 Å². The van der Waals surface area contributed by atoms with Gasteiger partial charge in [0.1, 0.15) is 6.04 Å². The van der Waals surface area contributed by atoms with Crippen molar-refractivity contribution in [1.29, 1.82) is 0 Å². The Hall–Kier alpha value is -0.650. The van der Waals surface area contributed by atoms with Crippen LogP contribution in [0.15, 0.2) is 0 Å². The van der Waals surface area contributed by atoms with Crippen LogP contribution in [0.25, 0.3) is 0 Å². The summed E-state index contributed by atoms with van der Waals surface area (Å²) in [5.41, 5.74) is 1.44. The van der Waals surface area contributed by atoms with Crippen LogP contribution < -0.4 is 10.8 Å². The van der Waals surface area contributed by atoms with E-state index in [0.717, 1.165) is 0 Å². The van der Waals surface area contributed by atoms with Gasteiger partial charge in [0.15, 0.2) is 0 Å². The normalized spacial score (nSPS) is 16.0. The Kier molecular flexibility index (Phi) is 3.94. The van der Waals surface area contributed by atoms with Crippen LogP contribution in [-0.4, -0.2) is 35.4 Å². The average Bonchev–Trinajstić information content (AvgIpc) is 1.88. The van der Waals surface area contributed by atoms with Crippen LogP contribution in [0.5, 0.6) is 0 Å². The molecule has 0 saturated heterocycles.